The Hall–Kier alpha value is -2.73. The molecule has 0 aliphatic heterocycles. The predicted molar refractivity (Wildman–Crippen MR) is 122 cm³/mol. The molecular weight excluding hydrogens is 378 g/mol. The summed E-state index contributed by atoms with van der Waals surface area (Å²) in [7, 11) is 1.66. The van der Waals surface area contributed by atoms with E-state index < -0.39 is 0 Å². The number of aliphatic imine (C=N–C) groups is 1. The molecule has 2 aromatic rings. The molecule has 0 bridgehead atoms. The molecule has 164 valence electrons. The maximum Gasteiger partial charge on any atom is 0.191 e. The van der Waals surface area contributed by atoms with Crippen molar-refractivity contribution >= 4 is 5.96 Å². The smallest absolute Gasteiger partial charge is 0.191 e. The van der Waals surface area contributed by atoms with E-state index in [1.54, 1.807) is 7.11 Å². The molecule has 0 aliphatic carbocycles. The van der Waals surface area contributed by atoms with Gasteiger partial charge in [0.25, 0.3) is 0 Å². The second-order valence-corrected chi connectivity index (χ2v) is 6.79. The van der Waals surface area contributed by atoms with Gasteiger partial charge in [0.05, 0.1) is 13.7 Å². The minimum Gasteiger partial charge on any atom is -0.493 e. The van der Waals surface area contributed by atoms with E-state index in [9.17, 15) is 0 Å². The lowest BCUT2D eigenvalue weighted by Gasteiger charge is -2.13. The zero-order valence-electron chi connectivity index (χ0n) is 18.4. The first-order chi connectivity index (χ1) is 14.8. The fraction of sp³-hybridized carbons (Fsp3) is 0.458. The largest absolute Gasteiger partial charge is 0.493 e. The Morgan fingerprint density at radius 2 is 1.77 bits per heavy atom. The molecule has 2 N–H and O–H groups in total. The molecule has 0 aromatic heterocycles. The average Bonchev–Trinajstić information content (AvgIpc) is 2.79. The van der Waals surface area contributed by atoms with Crippen LogP contribution in [-0.4, -0.2) is 39.4 Å². The van der Waals surface area contributed by atoms with Crippen LogP contribution in [-0.2, 0) is 17.9 Å². The van der Waals surface area contributed by atoms with Crippen LogP contribution in [0, 0.1) is 0 Å². The number of hydrogen-bond donors (Lipinski definition) is 2. The van der Waals surface area contributed by atoms with E-state index in [2.05, 4.69) is 22.5 Å². The molecule has 0 unspecified atom stereocenters. The molecule has 2 aromatic carbocycles. The Morgan fingerprint density at radius 1 is 0.933 bits per heavy atom. The molecule has 6 nitrogen and oxygen atoms in total. The van der Waals surface area contributed by atoms with Gasteiger partial charge in [-0.25, -0.2) is 4.99 Å². The standard InChI is InChI=1S/C24H35N3O3/c1-4-25-24(26-15-9-10-16-29-5-2)27-18-21-13-14-22(23(17-21)28-3)30-19-20-11-7-6-8-12-20/h6-8,11-14,17H,4-5,9-10,15-16,18-19H2,1-3H3,(H2,25,26,27). The van der Waals surface area contributed by atoms with E-state index in [1.807, 2.05) is 55.5 Å². The van der Waals surface area contributed by atoms with Gasteiger partial charge in [-0.15, -0.1) is 0 Å². The molecule has 6 heteroatoms. The number of benzene rings is 2. The van der Waals surface area contributed by atoms with Crippen LogP contribution in [0.15, 0.2) is 53.5 Å². The first kappa shape index (κ1) is 23.5. The third kappa shape index (κ3) is 8.74. The summed E-state index contributed by atoms with van der Waals surface area (Å²) in [6, 6.07) is 16.0. The average molecular weight is 414 g/mol. The Bertz CT molecular complexity index is 751. The molecule has 0 fully saturated rings. The molecule has 0 atom stereocenters. The maximum absolute atomic E-state index is 5.93. The highest BCUT2D eigenvalue weighted by molar-refractivity contribution is 5.79. The fourth-order valence-corrected chi connectivity index (χ4v) is 2.86. The van der Waals surface area contributed by atoms with Gasteiger partial charge < -0.3 is 24.8 Å². The first-order valence-corrected chi connectivity index (χ1v) is 10.7. The molecule has 30 heavy (non-hydrogen) atoms. The number of ether oxygens (including phenoxy) is 3. The monoisotopic (exact) mass is 413 g/mol. The third-order valence-electron chi connectivity index (χ3n) is 4.44. The summed E-state index contributed by atoms with van der Waals surface area (Å²) in [5.74, 6) is 2.26. The van der Waals surface area contributed by atoms with Crippen LogP contribution in [0.3, 0.4) is 0 Å². The third-order valence-corrected chi connectivity index (χ3v) is 4.44. The second kappa shape index (κ2) is 14.3. The number of methoxy groups -OCH3 is 1. The van der Waals surface area contributed by atoms with Crippen LogP contribution in [0.5, 0.6) is 11.5 Å². The lowest BCUT2D eigenvalue weighted by Crippen LogP contribution is -2.37. The Balaban J connectivity index is 1.90. The summed E-state index contributed by atoms with van der Waals surface area (Å²) < 4.78 is 16.8. The maximum atomic E-state index is 5.93. The Kier molecular flexibility index (Phi) is 11.2. The van der Waals surface area contributed by atoms with Crippen molar-refractivity contribution in [3.63, 3.8) is 0 Å². The first-order valence-electron chi connectivity index (χ1n) is 10.7. The summed E-state index contributed by atoms with van der Waals surface area (Å²) in [5, 5.41) is 6.66. The molecular formula is C24H35N3O3. The minimum absolute atomic E-state index is 0.506. The van der Waals surface area contributed by atoms with Gasteiger partial charge in [-0.2, -0.15) is 0 Å². The van der Waals surface area contributed by atoms with Gasteiger partial charge in [0.15, 0.2) is 17.5 Å². The van der Waals surface area contributed by atoms with E-state index in [0.29, 0.717) is 18.9 Å². The van der Waals surface area contributed by atoms with Crippen molar-refractivity contribution in [3.05, 3.63) is 59.7 Å². The lowest BCUT2D eigenvalue weighted by atomic mass is 10.2. The van der Waals surface area contributed by atoms with E-state index in [0.717, 1.165) is 62.0 Å². The van der Waals surface area contributed by atoms with Crippen molar-refractivity contribution in [2.75, 3.05) is 33.4 Å². The number of rotatable bonds is 13. The SMILES string of the molecule is CCNC(=NCc1ccc(OCc2ccccc2)c(OC)c1)NCCCCOCC. The van der Waals surface area contributed by atoms with Crippen molar-refractivity contribution in [1.82, 2.24) is 10.6 Å². The van der Waals surface area contributed by atoms with Gasteiger partial charge in [0.1, 0.15) is 6.61 Å². The number of nitrogens with zero attached hydrogens (tertiary/aromatic N) is 1. The summed E-state index contributed by atoms with van der Waals surface area (Å²) in [6.07, 6.45) is 2.09. The molecule has 0 radical (unpaired) electrons. The van der Waals surface area contributed by atoms with E-state index >= 15 is 0 Å². The Morgan fingerprint density at radius 3 is 2.50 bits per heavy atom. The van der Waals surface area contributed by atoms with Crippen molar-refractivity contribution < 1.29 is 14.2 Å². The summed E-state index contributed by atoms with van der Waals surface area (Å²) in [5.41, 5.74) is 2.18. The molecule has 0 heterocycles. The molecule has 2 rings (SSSR count). The normalized spacial score (nSPS) is 11.2. The molecule has 0 spiro atoms. The van der Waals surface area contributed by atoms with Crippen LogP contribution < -0.4 is 20.1 Å². The van der Waals surface area contributed by atoms with E-state index in [1.165, 1.54) is 0 Å². The fourth-order valence-electron chi connectivity index (χ4n) is 2.86. The number of nitrogens with one attached hydrogen (secondary N) is 2. The number of unbranched alkanes of at least 4 members (excludes halogenated alkanes) is 1. The van der Waals surface area contributed by atoms with Gasteiger partial charge in [0.2, 0.25) is 0 Å². The van der Waals surface area contributed by atoms with Crippen molar-refractivity contribution in [2.45, 2.75) is 39.8 Å². The van der Waals surface area contributed by atoms with Crippen molar-refractivity contribution in [1.29, 1.82) is 0 Å². The summed E-state index contributed by atoms with van der Waals surface area (Å²) in [4.78, 5) is 4.68. The number of hydrogen-bond acceptors (Lipinski definition) is 4. The van der Waals surface area contributed by atoms with Crippen LogP contribution in [0.2, 0.25) is 0 Å². The van der Waals surface area contributed by atoms with Crippen LogP contribution >= 0.6 is 0 Å². The zero-order chi connectivity index (χ0) is 21.4. The van der Waals surface area contributed by atoms with Gasteiger partial charge in [-0.05, 0) is 49.9 Å². The van der Waals surface area contributed by atoms with E-state index in [4.69, 9.17) is 14.2 Å². The van der Waals surface area contributed by atoms with Gasteiger partial charge >= 0.3 is 0 Å². The molecule has 0 saturated heterocycles. The molecule has 0 saturated carbocycles. The van der Waals surface area contributed by atoms with Crippen molar-refractivity contribution in [3.8, 4) is 11.5 Å². The highest BCUT2D eigenvalue weighted by Crippen LogP contribution is 2.29. The highest BCUT2D eigenvalue weighted by atomic mass is 16.5. The summed E-state index contributed by atoms with van der Waals surface area (Å²) in [6.45, 7) is 8.42. The van der Waals surface area contributed by atoms with Crippen molar-refractivity contribution in [2.24, 2.45) is 4.99 Å². The highest BCUT2D eigenvalue weighted by Gasteiger charge is 2.07. The second-order valence-electron chi connectivity index (χ2n) is 6.79. The van der Waals surface area contributed by atoms with Gasteiger partial charge in [-0.3, -0.25) is 0 Å². The molecule has 0 aliphatic rings. The Labute approximate surface area is 180 Å². The van der Waals surface area contributed by atoms with Crippen LogP contribution in [0.25, 0.3) is 0 Å². The minimum atomic E-state index is 0.506. The number of guanidine groups is 1. The van der Waals surface area contributed by atoms with Crippen LogP contribution in [0.1, 0.15) is 37.8 Å². The van der Waals surface area contributed by atoms with Gasteiger partial charge in [0, 0.05) is 26.3 Å². The quantitative estimate of drug-likeness (QED) is 0.293. The lowest BCUT2D eigenvalue weighted by molar-refractivity contribution is 0.143. The summed E-state index contributed by atoms with van der Waals surface area (Å²) >= 11 is 0. The predicted octanol–water partition coefficient (Wildman–Crippen LogP) is 4.15. The topological polar surface area (TPSA) is 64.1 Å². The van der Waals surface area contributed by atoms with Crippen LogP contribution in [0.4, 0.5) is 0 Å². The molecule has 0 amide bonds. The van der Waals surface area contributed by atoms with E-state index in [-0.39, 0.29) is 0 Å². The van der Waals surface area contributed by atoms with Gasteiger partial charge in [-0.1, -0.05) is 36.4 Å². The zero-order valence-corrected chi connectivity index (χ0v) is 18.4.